The summed E-state index contributed by atoms with van der Waals surface area (Å²) in [6.45, 7) is 0. The molecule has 4 aromatic carbocycles. The maximum absolute atomic E-state index is 9.65. The smallest absolute Gasteiger partial charge is 0.0999 e. The fourth-order valence-electron chi connectivity index (χ4n) is 4.53. The maximum atomic E-state index is 9.65. The van der Waals surface area contributed by atoms with Crippen LogP contribution in [0.1, 0.15) is 27.8 Å². The zero-order valence-corrected chi connectivity index (χ0v) is 17.8. The molecule has 0 radical (unpaired) electrons. The van der Waals surface area contributed by atoms with Crippen LogP contribution < -0.4 is 4.90 Å². The van der Waals surface area contributed by atoms with Crippen LogP contribution in [0.2, 0.25) is 0 Å². The molecular formula is C29H18N4. The summed E-state index contributed by atoms with van der Waals surface area (Å²) in [6.07, 6.45) is 1.95. The Hall–Kier alpha value is -4.85. The number of benzene rings is 4. The number of nitriles is 3. The summed E-state index contributed by atoms with van der Waals surface area (Å²) in [6, 6.07) is 34.2. The van der Waals surface area contributed by atoms with E-state index in [9.17, 15) is 15.8 Å². The van der Waals surface area contributed by atoms with Gasteiger partial charge in [0.25, 0.3) is 0 Å². The molecule has 0 spiro atoms. The fraction of sp³-hybridized carbons (Fsp3) is 0.0690. The second-order valence-corrected chi connectivity index (χ2v) is 7.92. The first-order valence-electron chi connectivity index (χ1n) is 10.7. The van der Waals surface area contributed by atoms with Gasteiger partial charge in [-0.1, -0.05) is 48.5 Å². The molecule has 0 saturated carbocycles. The normalized spacial score (nSPS) is 11.8. The second kappa shape index (κ2) is 8.35. The predicted octanol–water partition coefficient (Wildman–Crippen LogP) is 6.54. The molecule has 1 heterocycles. The third-order valence-corrected chi connectivity index (χ3v) is 6.05. The summed E-state index contributed by atoms with van der Waals surface area (Å²) in [4.78, 5) is 2.27. The van der Waals surface area contributed by atoms with Gasteiger partial charge in [-0.25, -0.2) is 0 Å². The first-order chi connectivity index (χ1) is 16.2. The van der Waals surface area contributed by atoms with E-state index in [1.165, 1.54) is 23.3 Å². The average Bonchev–Trinajstić information content (AvgIpc) is 3.05. The van der Waals surface area contributed by atoms with Gasteiger partial charge in [-0.15, -0.1) is 0 Å². The molecule has 0 saturated heterocycles. The van der Waals surface area contributed by atoms with Crippen LogP contribution in [0.5, 0.6) is 0 Å². The van der Waals surface area contributed by atoms with E-state index >= 15 is 0 Å². The van der Waals surface area contributed by atoms with Crippen molar-refractivity contribution in [3.8, 4) is 29.3 Å². The van der Waals surface area contributed by atoms with Gasteiger partial charge in [-0.2, -0.15) is 15.8 Å². The van der Waals surface area contributed by atoms with Gasteiger partial charge < -0.3 is 4.90 Å². The van der Waals surface area contributed by atoms with Crippen LogP contribution in [0.3, 0.4) is 0 Å². The summed E-state index contributed by atoms with van der Waals surface area (Å²) in [5.74, 6) is 0. The van der Waals surface area contributed by atoms with Crippen molar-refractivity contribution in [2.75, 3.05) is 4.90 Å². The average molecular weight is 422 g/mol. The summed E-state index contributed by atoms with van der Waals surface area (Å²) in [5.41, 5.74) is 8.19. The van der Waals surface area contributed by atoms with E-state index in [2.05, 4.69) is 65.6 Å². The Balaban J connectivity index is 1.65. The number of hydrogen-bond donors (Lipinski definition) is 0. The summed E-state index contributed by atoms with van der Waals surface area (Å²) in [5, 5.41) is 28.5. The molecule has 0 aliphatic carbocycles. The number of rotatable bonds is 2. The lowest BCUT2D eigenvalue weighted by Gasteiger charge is -2.27. The van der Waals surface area contributed by atoms with Crippen molar-refractivity contribution >= 4 is 17.1 Å². The Morgan fingerprint density at radius 3 is 1.61 bits per heavy atom. The molecule has 0 bridgehead atoms. The van der Waals surface area contributed by atoms with Gasteiger partial charge in [0, 0.05) is 22.6 Å². The van der Waals surface area contributed by atoms with E-state index in [0.717, 1.165) is 35.5 Å². The highest BCUT2D eigenvalue weighted by molar-refractivity contribution is 5.84. The Kier molecular flexibility index (Phi) is 5.08. The zero-order chi connectivity index (χ0) is 22.8. The van der Waals surface area contributed by atoms with Crippen molar-refractivity contribution in [2.24, 2.45) is 0 Å². The highest BCUT2D eigenvalue weighted by Gasteiger charge is 2.22. The molecule has 33 heavy (non-hydrogen) atoms. The Bertz CT molecular complexity index is 1410. The van der Waals surface area contributed by atoms with Crippen LogP contribution in [0.15, 0.2) is 84.9 Å². The second-order valence-electron chi connectivity index (χ2n) is 7.92. The van der Waals surface area contributed by atoms with Crippen LogP contribution in [-0.2, 0) is 12.8 Å². The van der Waals surface area contributed by atoms with Crippen LogP contribution in [-0.4, -0.2) is 0 Å². The quantitative estimate of drug-likeness (QED) is 0.368. The maximum Gasteiger partial charge on any atom is 0.0999 e. The van der Waals surface area contributed by atoms with Gasteiger partial charge in [0.15, 0.2) is 0 Å². The van der Waals surface area contributed by atoms with E-state index in [1.54, 1.807) is 0 Å². The topological polar surface area (TPSA) is 74.6 Å². The molecule has 0 fully saturated rings. The number of hydrogen-bond acceptors (Lipinski definition) is 4. The Morgan fingerprint density at radius 2 is 1.12 bits per heavy atom. The lowest BCUT2D eigenvalue weighted by atomic mass is 9.93. The van der Waals surface area contributed by atoms with Crippen LogP contribution in [0, 0.1) is 34.0 Å². The number of fused-ring (bicyclic) bond motifs is 2. The van der Waals surface area contributed by atoms with Gasteiger partial charge in [-0.05, 0) is 65.9 Å². The fourth-order valence-corrected chi connectivity index (χ4v) is 4.53. The molecular weight excluding hydrogens is 404 g/mol. The molecule has 4 aromatic rings. The standard InChI is InChI=1S/C29H18N4/c30-17-20-15-24(18-31)29(25(16-20)19-32)23-11-13-26(14-12-23)33-27-7-3-1-5-21(27)9-10-22-6-2-4-8-28(22)33/h1-8,11-16H,9-10H2. The van der Waals surface area contributed by atoms with Crippen LogP contribution in [0.4, 0.5) is 17.1 Å². The number of para-hydroxylation sites is 2. The van der Waals surface area contributed by atoms with E-state index < -0.39 is 0 Å². The molecule has 0 amide bonds. The largest absolute Gasteiger partial charge is 0.310 e. The summed E-state index contributed by atoms with van der Waals surface area (Å²) in [7, 11) is 0. The molecule has 0 N–H and O–H groups in total. The number of anilines is 3. The van der Waals surface area contributed by atoms with Gasteiger partial charge in [0.05, 0.1) is 34.9 Å². The van der Waals surface area contributed by atoms with Gasteiger partial charge in [0.1, 0.15) is 0 Å². The van der Waals surface area contributed by atoms with E-state index in [0.29, 0.717) is 22.3 Å². The van der Waals surface area contributed by atoms with Crippen molar-refractivity contribution in [1.82, 2.24) is 0 Å². The van der Waals surface area contributed by atoms with Gasteiger partial charge in [0.2, 0.25) is 0 Å². The molecule has 4 nitrogen and oxygen atoms in total. The molecule has 154 valence electrons. The van der Waals surface area contributed by atoms with Gasteiger partial charge in [-0.3, -0.25) is 0 Å². The van der Waals surface area contributed by atoms with Crippen molar-refractivity contribution in [1.29, 1.82) is 15.8 Å². The first-order valence-corrected chi connectivity index (χ1v) is 10.7. The van der Waals surface area contributed by atoms with Crippen molar-refractivity contribution in [3.05, 3.63) is 113 Å². The lowest BCUT2D eigenvalue weighted by molar-refractivity contribution is 0.977. The molecule has 1 aliphatic rings. The molecule has 5 rings (SSSR count). The molecule has 0 unspecified atom stereocenters. The molecule has 0 atom stereocenters. The third-order valence-electron chi connectivity index (χ3n) is 6.05. The number of aryl methyl sites for hydroxylation is 2. The van der Waals surface area contributed by atoms with E-state index in [-0.39, 0.29) is 0 Å². The minimum absolute atomic E-state index is 0.307. The van der Waals surface area contributed by atoms with Crippen LogP contribution >= 0.6 is 0 Å². The Labute approximate surface area is 192 Å². The van der Waals surface area contributed by atoms with Gasteiger partial charge >= 0.3 is 0 Å². The SMILES string of the molecule is N#Cc1cc(C#N)c(-c2ccc(N3c4ccccc4CCc4ccccc43)cc2)c(C#N)c1. The van der Waals surface area contributed by atoms with Crippen molar-refractivity contribution in [3.63, 3.8) is 0 Å². The monoisotopic (exact) mass is 422 g/mol. The highest BCUT2D eigenvalue weighted by atomic mass is 15.1. The summed E-state index contributed by atoms with van der Waals surface area (Å²) >= 11 is 0. The van der Waals surface area contributed by atoms with E-state index in [1.807, 2.05) is 30.3 Å². The minimum Gasteiger partial charge on any atom is -0.310 e. The zero-order valence-electron chi connectivity index (χ0n) is 17.8. The third kappa shape index (κ3) is 3.49. The molecule has 4 heteroatoms. The lowest BCUT2D eigenvalue weighted by Crippen LogP contribution is -2.11. The summed E-state index contributed by atoms with van der Waals surface area (Å²) < 4.78 is 0. The number of nitrogens with zero attached hydrogens (tertiary/aromatic N) is 4. The molecule has 1 aliphatic heterocycles. The van der Waals surface area contributed by atoms with Crippen molar-refractivity contribution in [2.45, 2.75) is 12.8 Å². The molecule has 0 aromatic heterocycles. The minimum atomic E-state index is 0.307. The van der Waals surface area contributed by atoms with Crippen LogP contribution in [0.25, 0.3) is 11.1 Å². The first kappa shape index (κ1) is 20.1. The van der Waals surface area contributed by atoms with E-state index in [4.69, 9.17) is 0 Å². The van der Waals surface area contributed by atoms with Crippen molar-refractivity contribution < 1.29 is 0 Å². The highest BCUT2D eigenvalue weighted by Crippen LogP contribution is 2.42. The Morgan fingerprint density at radius 1 is 0.606 bits per heavy atom. The predicted molar refractivity (Wildman–Crippen MR) is 128 cm³/mol.